The Morgan fingerprint density at radius 2 is 2.40 bits per heavy atom. The summed E-state index contributed by atoms with van der Waals surface area (Å²) in [6, 6.07) is 3.75. The van der Waals surface area contributed by atoms with E-state index in [1.165, 1.54) is 0 Å². The maximum atomic E-state index is 5.71. The Kier molecular flexibility index (Phi) is 3.63. The van der Waals surface area contributed by atoms with Crippen LogP contribution in [0.1, 0.15) is 6.42 Å². The summed E-state index contributed by atoms with van der Waals surface area (Å²) in [4.78, 5) is 4.29. The van der Waals surface area contributed by atoms with Gasteiger partial charge in [0.05, 0.1) is 20.3 Å². The average Bonchev–Trinajstić information content (AvgIpc) is 2.71. The summed E-state index contributed by atoms with van der Waals surface area (Å²) >= 11 is 2.15. The third-order valence-electron chi connectivity index (χ3n) is 2.18. The van der Waals surface area contributed by atoms with Crippen molar-refractivity contribution in [3.8, 4) is 11.6 Å². The molecule has 1 aromatic rings. The molecule has 1 aliphatic heterocycles. The Balaban J connectivity index is 2.14. The van der Waals surface area contributed by atoms with E-state index < -0.39 is 0 Å². The van der Waals surface area contributed by atoms with Crippen LogP contribution in [0.25, 0.3) is 0 Å². The second-order valence-corrected chi connectivity index (χ2v) is 4.35. The second kappa shape index (κ2) is 4.98. The molecule has 2 rings (SSSR count). The molecule has 0 N–H and O–H groups in total. The summed E-state index contributed by atoms with van der Waals surface area (Å²) in [5.41, 5.74) is 0. The number of aromatic nitrogens is 1. The lowest BCUT2D eigenvalue weighted by atomic mass is 10.3. The lowest BCUT2D eigenvalue weighted by molar-refractivity contribution is 0.135. The molecule has 1 unspecified atom stereocenters. The summed E-state index contributed by atoms with van der Waals surface area (Å²) in [5, 5.41) is 0. The molecule has 1 aliphatic rings. The number of halogens is 1. The standard InChI is InChI=1S/C10H12INO3/c1-13-8-2-3-9(11)12-10(8)15-7-4-5-14-6-7/h2-3,7H,4-6H2,1H3. The molecule has 2 heterocycles. The molecule has 1 atom stereocenters. The first-order chi connectivity index (χ1) is 7.29. The van der Waals surface area contributed by atoms with Gasteiger partial charge >= 0.3 is 0 Å². The quantitative estimate of drug-likeness (QED) is 0.629. The molecular weight excluding hydrogens is 309 g/mol. The molecule has 1 fully saturated rings. The minimum atomic E-state index is 0.101. The van der Waals surface area contributed by atoms with Gasteiger partial charge in [-0.1, -0.05) is 0 Å². The average molecular weight is 321 g/mol. The largest absolute Gasteiger partial charge is 0.491 e. The normalized spacial score (nSPS) is 20.3. The Morgan fingerprint density at radius 1 is 1.53 bits per heavy atom. The van der Waals surface area contributed by atoms with Gasteiger partial charge in [-0.3, -0.25) is 0 Å². The van der Waals surface area contributed by atoms with Crippen molar-refractivity contribution in [2.24, 2.45) is 0 Å². The molecule has 0 amide bonds. The fourth-order valence-electron chi connectivity index (χ4n) is 1.41. The Bertz CT molecular complexity index is 339. The first kappa shape index (κ1) is 10.9. The fourth-order valence-corrected chi connectivity index (χ4v) is 1.81. The molecule has 82 valence electrons. The predicted molar refractivity (Wildman–Crippen MR) is 63.4 cm³/mol. The van der Waals surface area contributed by atoms with Gasteiger partial charge in [0.15, 0.2) is 5.75 Å². The SMILES string of the molecule is COc1ccc(I)nc1OC1CCOC1. The maximum absolute atomic E-state index is 5.71. The first-order valence-corrected chi connectivity index (χ1v) is 5.82. The van der Waals surface area contributed by atoms with Gasteiger partial charge in [0.2, 0.25) is 0 Å². The molecular formula is C10H12INO3. The van der Waals surface area contributed by atoms with Crippen LogP contribution in [0, 0.1) is 3.70 Å². The smallest absolute Gasteiger partial charge is 0.258 e. The number of ether oxygens (including phenoxy) is 3. The molecule has 1 saturated heterocycles. The Morgan fingerprint density at radius 3 is 3.07 bits per heavy atom. The van der Waals surface area contributed by atoms with Crippen molar-refractivity contribution < 1.29 is 14.2 Å². The highest BCUT2D eigenvalue weighted by Crippen LogP contribution is 2.27. The zero-order chi connectivity index (χ0) is 10.7. The van der Waals surface area contributed by atoms with Crippen LogP contribution in [0.5, 0.6) is 11.6 Å². The summed E-state index contributed by atoms with van der Waals surface area (Å²) < 4.78 is 17.0. The van der Waals surface area contributed by atoms with E-state index >= 15 is 0 Å². The highest BCUT2D eigenvalue weighted by molar-refractivity contribution is 14.1. The predicted octanol–water partition coefficient (Wildman–Crippen LogP) is 1.86. The number of hydrogen-bond acceptors (Lipinski definition) is 4. The van der Waals surface area contributed by atoms with Gasteiger partial charge in [-0.05, 0) is 34.7 Å². The molecule has 0 bridgehead atoms. The van der Waals surface area contributed by atoms with Crippen LogP contribution in [0.4, 0.5) is 0 Å². The van der Waals surface area contributed by atoms with Crippen LogP contribution in [0.15, 0.2) is 12.1 Å². The van der Waals surface area contributed by atoms with Gasteiger partial charge in [-0.2, -0.15) is 0 Å². The van der Waals surface area contributed by atoms with Crippen molar-refractivity contribution in [2.75, 3.05) is 20.3 Å². The van der Waals surface area contributed by atoms with Gasteiger partial charge in [0, 0.05) is 6.42 Å². The van der Waals surface area contributed by atoms with Crippen molar-refractivity contribution in [1.29, 1.82) is 0 Å². The highest BCUT2D eigenvalue weighted by atomic mass is 127. The lowest BCUT2D eigenvalue weighted by Gasteiger charge is -2.13. The van der Waals surface area contributed by atoms with E-state index in [-0.39, 0.29) is 6.10 Å². The van der Waals surface area contributed by atoms with Gasteiger partial charge in [0.1, 0.15) is 9.80 Å². The lowest BCUT2D eigenvalue weighted by Crippen LogP contribution is -2.17. The molecule has 5 heteroatoms. The molecule has 1 aromatic heterocycles. The number of rotatable bonds is 3. The number of pyridine rings is 1. The van der Waals surface area contributed by atoms with Crippen LogP contribution < -0.4 is 9.47 Å². The van der Waals surface area contributed by atoms with Gasteiger partial charge in [-0.25, -0.2) is 4.98 Å². The van der Waals surface area contributed by atoms with Crippen molar-refractivity contribution >= 4 is 22.6 Å². The van der Waals surface area contributed by atoms with Crippen LogP contribution in [-0.4, -0.2) is 31.4 Å². The molecule has 15 heavy (non-hydrogen) atoms. The maximum Gasteiger partial charge on any atom is 0.258 e. The zero-order valence-electron chi connectivity index (χ0n) is 8.40. The van der Waals surface area contributed by atoms with Crippen molar-refractivity contribution in [1.82, 2.24) is 4.98 Å². The van der Waals surface area contributed by atoms with E-state index in [0.717, 1.165) is 16.7 Å². The topological polar surface area (TPSA) is 40.6 Å². The molecule has 0 aliphatic carbocycles. The minimum absolute atomic E-state index is 0.101. The molecule has 0 spiro atoms. The number of hydrogen-bond donors (Lipinski definition) is 0. The Hall–Kier alpha value is -0.560. The summed E-state index contributed by atoms with van der Waals surface area (Å²) in [6.07, 6.45) is 1.01. The molecule has 4 nitrogen and oxygen atoms in total. The van der Waals surface area contributed by atoms with E-state index in [2.05, 4.69) is 27.6 Å². The van der Waals surface area contributed by atoms with Crippen molar-refractivity contribution in [3.63, 3.8) is 0 Å². The minimum Gasteiger partial charge on any atom is -0.491 e. The van der Waals surface area contributed by atoms with Crippen molar-refractivity contribution in [3.05, 3.63) is 15.8 Å². The highest BCUT2D eigenvalue weighted by Gasteiger charge is 2.19. The van der Waals surface area contributed by atoms with E-state index in [1.807, 2.05) is 12.1 Å². The van der Waals surface area contributed by atoms with Gasteiger partial charge in [-0.15, -0.1) is 0 Å². The van der Waals surface area contributed by atoms with E-state index in [0.29, 0.717) is 18.2 Å². The molecule has 0 radical (unpaired) electrons. The fraction of sp³-hybridized carbons (Fsp3) is 0.500. The van der Waals surface area contributed by atoms with Crippen LogP contribution in [-0.2, 0) is 4.74 Å². The summed E-state index contributed by atoms with van der Waals surface area (Å²) in [7, 11) is 1.61. The zero-order valence-corrected chi connectivity index (χ0v) is 10.6. The van der Waals surface area contributed by atoms with E-state index in [9.17, 15) is 0 Å². The third-order valence-corrected chi connectivity index (χ3v) is 2.78. The van der Waals surface area contributed by atoms with Crippen LogP contribution in [0.2, 0.25) is 0 Å². The van der Waals surface area contributed by atoms with E-state index in [4.69, 9.17) is 14.2 Å². The summed E-state index contributed by atoms with van der Waals surface area (Å²) in [6.45, 7) is 1.40. The van der Waals surface area contributed by atoms with Gasteiger partial charge < -0.3 is 14.2 Å². The molecule has 0 saturated carbocycles. The first-order valence-electron chi connectivity index (χ1n) is 4.74. The van der Waals surface area contributed by atoms with E-state index in [1.54, 1.807) is 7.11 Å². The monoisotopic (exact) mass is 321 g/mol. The second-order valence-electron chi connectivity index (χ2n) is 3.24. The third kappa shape index (κ3) is 2.72. The number of methoxy groups -OCH3 is 1. The van der Waals surface area contributed by atoms with Gasteiger partial charge in [0.25, 0.3) is 5.88 Å². The van der Waals surface area contributed by atoms with Crippen LogP contribution >= 0.6 is 22.6 Å². The number of nitrogens with zero attached hydrogens (tertiary/aromatic N) is 1. The van der Waals surface area contributed by atoms with Crippen molar-refractivity contribution in [2.45, 2.75) is 12.5 Å². The van der Waals surface area contributed by atoms with Crippen LogP contribution in [0.3, 0.4) is 0 Å². The Labute approximate surface area is 102 Å². The molecule has 0 aromatic carbocycles. The summed E-state index contributed by atoms with van der Waals surface area (Å²) in [5.74, 6) is 1.22.